The van der Waals surface area contributed by atoms with E-state index < -0.39 is 11.9 Å². The third-order valence-electron chi connectivity index (χ3n) is 6.58. The van der Waals surface area contributed by atoms with E-state index in [1.54, 1.807) is 20.2 Å². The number of ether oxygens (including phenoxy) is 3. The molecule has 214 valence electrons. The Morgan fingerprint density at radius 3 is 2.85 bits per heavy atom. The number of aromatic nitrogens is 4. The topological polar surface area (TPSA) is 147 Å². The molecule has 0 bridgehead atoms. The summed E-state index contributed by atoms with van der Waals surface area (Å²) in [6, 6.07) is 1.69. The number of rotatable bonds is 11. The zero-order valence-corrected chi connectivity index (χ0v) is 24.4. The maximum Gasteiger partial charge on any atom is 0.350 e. The minimum Gasteiger partial charge on any atom is -0.465 e. The van der Waals surface area contributed by atoms with Crippen LogP contribution in [0.15, 0.2) is 12.4 Å². The quantitative estimate of drug-likeness (QED) is 0.321. The van der Waals surface area contributed by atoms with Crippen LogP contribution in [0.5, 0.6) is 0 Å². The molecule has 4 heterocycles. The van der Waals surface area contributed by atoms with Crippen LogP contribution in [-0.4, -0.2) is 84.1 Å². The number of nitrogens with one attached hydrogen (secondary N) is 2. The zero-order chi connectivity index (χ0) is 28.8. The summed E-state index contributed by atoms with van der Waals surface area (Å²) in [4.78, 5) is 40.4. The fraction of sp³-hybridized carbons (Fsp3) is 0.500. The van der Waals surface area contributed by atoms with Gasteiger partial charge in [0, 0.05) is 51.4 Å². The van der Waals surface area contributed by atoms with Gasteiger partial charge in [0.2, 0.25) is 0 Å². The molecule has 2 N–H and O–H groups in total. The number of nitrogens with zero attached hydrogens (tertiary/aromatic N) is 5. The van der Waals surface area contributed by atoms with E-state index in [1.807, 2.05) is 28.7 Å². The lowest BCUT2D eigenvalue weighted by molar-refractivity contribution is 0.0205. The molecule has 2 atom stereocenters. The summed E-state index contributed by atoms with van der Waals surface area (Å²) in [5.41, 5.74) is 1.26. The molecule has 0 aromatic carbocycles. The number of imidazole rings is 1. The second kappa shape index (κ2) is 13.3. The van der Waals surface area contributed by atoms with Crippen LogP contribution in [0.25, 0.3) is 11.5 Å². The van der Waals surface area contributed by atoms with E-state index in [9.17, 15) is 14.9 Å². The van der Waals surface area contributed by atoms with Gasteiger partial charge in [-0.25, -0.2) is 14.8 Å². The van der Waals surface area contributed by atoms with Gasteiger partial charge in [0.15, 0.2) is 11.0 Å². The average Bonchev–Trinajstić information content (AvgIpc) is 3.68. The highest BCUT2D eigenvalue weighted by Gasteiger charge is 2.35. The van der Waals surface area contributed by atoms with Gasteiger partial charge >= 0.3 is 5.97 Å². The Kier molecular flexibility index (Phi) is 9.80. The number of hydrogen-bond donors (Lipinski definition) is 2. The number of esters is 1. The minimum atomic E-state index is -0.492. The third-order valence-corrected chi connectivity index (χ3v) is 8.15. The summed E-state index contributed by atoms with van der Waals surface area (Å²) in [6.07, 6.45) is 4.48. The van der Waals surface area contributed by atoms with Gasteiger partial charge < -0.3 is 34.0 Å². The number of nitriles is 1. The SMILES string of the molecule is CCCO[C@H]1CN(c2nc(-c3nccn3CCOC)c(C(=O)OC)s2)CC[C@H]1NC(=O)c1[nH]c(C)c(Cl)c1C#N. The van der Waals surface area contributed by atoms with Gasteiger partial charge in [0.25, 0.3) is 5.91 Å². The van der Waals surface area contributed by atoms with Crippen molar-refractivity contribution < 1.29 is 23.8 Å². The number of halogens is 1. The number of carbonyl (C=O) groups is 2. The van der Waals surface area contributed by atoms with E-state index in [-0.39, 0.29) is 28.4 Å². The Labute approximate surface area is 241 Å². The molecule has 40 heavy (non-hydrogen) atoms. The first-order chi connectivity index (χ1) is 19.3. The standard InChI is InChI=1S/C26H32ClN7O5S/c1-5-11-39-18-14-34(8-6-17(18)31-24(35)20-16(13-28)19(27)15(2)30-20)26-32-21(22(40-26)25(36)38-4)23-29-7-9-33(23)10-12-37-3/h7,9,17-18,30H,5-6,8,10-12,14H2,1-4H3,(H,31,35)/t17-,18+/m1/s1. The Hall–Kier alpha value is -3.44. The molecule has 1 fully saturated rings. The molecular weight excluding hydrogens is 558 g/mol. The lowest BCUT2D eigenvalue weighted by atomic mass is 10.0. The Morgan fingerprint density at radius 2 is 2.15 bits per heavy atom. The number of anilines is 1. The van der Waals surface area contributed by atoms with E-state index in [4.69, 9.17) is 30.8 Å². The van der Waals surface area contributed by atoms with Gasteiger partial charge in [-0.2, -0.15) is 5.26 Å². The fourth-order valence-electron chi connectivity index (χ4n) is 4.53. The Balaban J connectivity index is 1.58. The second-order valence-corrected chi connectivity index (χ2v) is 10.6. The number of H-pyrrole nitrogens is 1. The number of piperidine rings is 1. The maximum absolute atomic E-state index is 13.1. The maximum atomic E-state index is 13.1. The van der Waals surface area contributed by atoms with Gasteiger partial charge in [-0.05, 0) is 19.8 Å². The van der Waals surface area contributed by atoms with Crippen molar-refractivity contribution in [3.8, 4) is 17.6 Å². The molecule has 0 spiro atoms. The molecule has 3 aromatic rings. The Morgan fingerprint density at radius 1 is 1.35 bits per heavy atom. The monoisotopic (exact) mass is 589 g/mol. The summed E-state index contributed by atoms with van der Waals surface area (Å²) in [7, 11) is 2.96. The van der Waals surface area contributed by atoms with E-state index in [0.717, 1.165) is 6.42 Å². The number of methoxy groups -OCH3 is 2. The molecule has 0 radical (unpaired) electrons. The van der Waals surface area contributed by atoms with Crippen LogP contribution in [0.3, 0.4) is 0 Å². The first-order valence-corrected chi connectivity index (χ1v) is 14.1. The van der Waals surface area contributed by atoms with Crippen LogP contribution in [0.1, 0.15) is 51.2 Å². The van der Waals surface area contributed by atoms with Gasteiger partial charge in [0.1, 0.15) is 27.9 Å². The summed E-state index contributed by atoms with van der Waals surface area (Å²) in [6.45, 7) is 6.25. The Bertz CT molecular complexity index is 1390. The van der Waals surface area contributed by atoms with Crippen LogP contribution in [0.4, 0.5) is 5.13 Å². The average molecular weight is 590 g/mol. The van der Waals surface area contributed by atoms with Gasteiger partial charge in [0.05, 0.1) is 30.9 Å². The van der Waals surface area contributed by atoms with Crippen LogP contribution in [0.2, 0.25) is 5.02 Å². The molecule has 0 saturated carbocycles. The molecule has 1 aliphatic rings. The predicted octanol–water partition coefficient (Wildman–Crippen LogP) is 3.41. The van der Waals surface area contributed by atoms with Crippen molar-refractivity contribution >= 4 is 39.9 Å². The summed E-state index contributed by atoms with van der Waals surface area (Å²) in [5.74, 6) is -0.356. The first-order valence-electron chi connectivity index (χ1n) is 12.9. The van der Waals surface area contributed by atoms with E-state index >= 15 is 0 Å². The second-order valence-electron chi connectivity index (χ2n) is 9.25. The summed E-state index contributed by atoms with van der Waals surface area (Å²) >= 11 is 7.42. The molecule has 0 unspecified atom stereocenters. The summed E-state index contributed by atoms with van der Waals surface area (Å²) < 4.78 is 18.3. The smallest absolute Gasteiger partial charge is 0.350 e. The van der Waals surface area contributed by atoms with E-state index in [2.05, 4.69) is 15.3 Å². The number of thiazole rings is 1. The lowest BCUT2D eigenvalue weighted by Crippen LogP contribution is -2.55. The first kappa shape index (κ1) is 29.5. The molecule has 0 aliphatic carbocycles. The molecule has 1 amide bonds. The fourth-order valence-corrected chi connectivity index (χ4v) is 5.73. The minimum absolute atomic E-state index is 0.120. The zero-order valence-electron chi connectivity index (χ0n) is 22.8. The van der Waals surface area contributed by atoms with E-state index in [0.29, 0.717) is 66.5 Å². The third kappa shape index (κ3) is 6.15. The molecule has 4 rings (SSSR count). The van der Waals surface area contributed by atoms with Gasteiger partial charge in [-0.3, -0.25) is 4.79 Å². The number of aromatic amines is 1. The van der Waals surface area contributed by atoms with Crippen molar-refractivity contribution in [2.24, 2.45) is 0 Å². The lowest BCUT2D eigenvalue weighted by Gasteiger charge is -2.38. The number of carbonyl (C=O) groups excluding carboxylic acids is 2. The number of amides is 1. The van der Waals surface area contributed by atoms with Crippen LogP contribution >= 0.6 is 22.9 Å². The van der Waals surface area contributed by atoms with Crippen molar-refractivity contribution in [2.75, 3.05) is 45.4 Å². The van der Waals surface area contributed by atoms with Crippen molar-refractivity contribution in [3.63, 3.8) is 0 Å². The molecule has 1 saturated heterocycles. The van der Waals surface area contributed by atoms with Crippen molar-refractivity contribution in [2.45, 2.75) is 45.4 Å². The van der Waals surface area contributed by atoms with Gasteiger partial charge in [-0.1, -0.05) is 29.9 Å². The molecule has 12 nitrogen and oxygen atoms in total. The number of hydrogen-bond acceptors (Lipinski definition) is 10. The summed E-state index contributed by atoms with van der Waals surface area (Å²) in [5, 5.41) is 13.4. The van der Waals surface area contributed by atoms with Crippen molar-refractivity contribution in [1.29, 1.82) is 5.26 Å². The highest BCUT2D eigenvalue weighted by atomic mass is 35.5. The molecule has 14 heteroatoms. The highest BCUT2D eigenvalue weighted by Crippen LogP contribution is 2.35. The predicted molar refractivity (Wildman–Crippen MR) is 150 cm³/mol. The highest BCUT2D eigenvalue weighted by molar-refractivity contribution is 7.17. The molecule has 1 aliphatic heterocycles. The normalized spacial score (nSPS) is 17.1. The van der Waals surface area contributed by atoms with Crippen LogP contribution in [-0.2, 0) is 20.8 Å². The van der Waals surface area contributed by atoms with Crippen molar-refractivity contribution in [1.82, 2.24) is 24.8 Å². The molecule has 3 aromatic heterocycles. The van der Waals surface area contributed by atoms with Crippen molar-refractivity contribution in [3.05, 3.63) is 39.2 Å². The largest absolute Gasteiger partial charge is 0.465 e. The van der Waals surface area contributed by atoms with E-state index in [1.165, 1.54) is 18.4 Å². The van der Waals surface area contributed by atoms with Crippen LogP contribution in [0, 0.1) is 18.3 Å². The van der Waals surface area contributed by atoms with Gasteiger partial charge in [-0.15, -0.1) is 0 Å². The number of aryl methyl sites for hydroxylation is 1. The molecular formula is C26H32ClN7O5S. The van der Waals surface area contributed by atoms with Crippen LogP contribution < -0.4 is 10.2 Å².